The van der Waals surface area contributed by atoms with Crippen LogP contribution in [0.15, 0.2) is 0 Å². The van der Waals surface area contributed by atoms with Gasteiger partial charge < -0.3 is 10.8 Å². The van der Waals surface area contributed by atoms with Gasteiger partial charge in [-0.3, -0.25) is 0 Å². The van der Waals surface area contributed by atoms with Crippen molar-refractivity contribution in [2.75, 3.05) is 0 Å². The van der Waals surface area contributed by atoms with Gasteiger partial charge in [0.25, 0.3) is 0 Å². The van der Waals surface area contributed by atoms with Gasteiger partial charge in [-0.15, -0.1) is 0 Å². The number of halogens is 1. The topological polar surface area (TPSA) is 46.2 Å². The second kappa shape index (κ2) is 2.96. The van der Waals surface area contributed by atoms with E-state index in [9.17, 15) is 9.50 Å². The molecule has 72 valence electrons. The van der Waals surface area contributed by atoms with Crippen molar-refractivity contribution >= 4 is 0 Å². The summed E-state index contributed by atoms with van der Waals surface area (Å²) in [5.74, 6) is 0. The molecule has 0 aromatic heterocycles. The normalized spacial score (nSPS) is 38.2. The van der Waals surface area contributed by atoms with Crippen molar-refractivity contribution in [3.63, 3.8) is 0 Å². The molecule has 3 N–H and O–H groups in total. The van der Waals surface area contributed by atoms with Crippen molar-refractivity contribution in [1.29, 1.82) is 0 Å². The van der Waals surface area contributed by atoms with Crippen molar-refractivity contribution in [3.8, 4) is 0 Å². The van der Waals surface area contributed by atoms with Crippen molar-refractivity contribution in [1.82, 2.24) is 0 Å². The maximum atomic E-state index is 13.6. The van der Waals surface area contributed by atoms with Gasteiger partial charge in [-0.05, 0) is 39.5 Å². The van der Waals surface area contributed by atoms with E-state index in [-0.39, 0.29) is 6.10 Å². The Morgan fingerprint density at radius 1 is 1.42 bits per heavy atom. The first-order valence-electron chi connectivity index (χ1n) is 4.51. The molecule has 1 rings (SSSR count). The number of rotatable bonds is 1. The molecule has 0 aliphatic heterocycles. The number of hydrogen-bond donors (Lipinski definition) is 2. The fraction of sp³-hybridized carbons (Fsp3) is 1.00. The highest BCUT2D eigenvalue weighted by molar-refractivity contribution is 5.01. The highest BCUT2D eigenvalue weighted by Crippen LogP contribution is 2.36. The average Bonchev–Trinajstić information content (AvgIpc) is 1.93. The van der Waals surface area contributed by atoms with Gasteiger partial charge in [0.15, 0.2) is 0 Å². The number of nitrogens with two attached hydrogens (primary N) is 1. The molecule has 0 amide bonds. The van der Waals surface area contributed by atoms with Crippen LogP contribution in [0.5, 0.6) is 0 Å². The summed E-state index contributed by atoms with van der Waals surface area (Å²) in [6.07, 6.45) is 2.15. The summed E-state index contributed by atoms with van der Waals surface area (Å²) in [5, 5.41) is 9.23. The molecule has 0 aromatic carbocycles. The Hall–Kier alpha value is -0.150. The number of alkyl halides is 1. The lowest BCUT2D eigenvalue weighted by Crippen LogP contribution is -2.57. The Labute approximate surface area is 73.0 Å². The van der Waals surface area contributed by atoms with Gasteiger partial charge in [0, 0.05) is 5.54 Å². The summed E-state index contributed by atoms with van der Waals surface area (Å²) in [6.45, 7) is 3.04. The van der Waals surface area contributed by atoms with Crippen molar-refractivity contribution in [3.05, 3.63) is 0 Å². The fourth-order valence-electron chi connectivity index (χ4n) is 1.71. The third kappa shape index (κ3) is 1.77. The summed E-state index contributed by atoms with van der Waals surface area (Å²) < 4.78 is 13.6. The lowest BCUT2D eigenvalue weighted by molar-refractivity contribution is 0.0203. The van der Waals surface area contributed by atoms with E-state index in [4.69, 9.17) is 5.73 Å². The summed E-state index contributed by atoms with van der Waals surface area (Å²) in [7, 11) is 0. The Morgan fingerprint density at radius 2 is 1.83 bits per heavy atom. The van der Waals surface area contributed by atoms with E-state index in [1.807, 2.05) is 0 Å². The van der Waals surface area contributed by atoms with E-state index in [1.165, 1.54) is 13.8 Å². The van der Waals surface area contributed by atoms with Crippen LogP contribution in [0.2, 0.25) is 0 Å². The molecule has 1 fully saturated rings. The molecule has 12 heavy (non-hydrogen) atoms. The van der Waals surface area contributed by atoms with Gasteiger partial charge in [-0.1, -0.05) is 0 Å². The zero-order valence-electron chi connectivity index (χ0n) is 7.81. The molecule has 0 radical (unpaired) electrons. The summed E-state index contributed by atoms with van der Waals surface area (Å²) in [5.41, 5.74) is 3.84. The Balaban J connectivity index is 2.62. The van der Waals surface area contributed by atoms with Gasteiger partial charge >= 0.3 is 0 Å². The zero-order chi connectivity index (χ0) is 9.41. The van der Waals surface area contributed by atoms with Gasteiger partial charge in [-0.2, -0.15) is 0 Å². The third-order valence-electron chi connectivity index (χ3n) is 3.03. The SMILES string of the molecule is CC(C)(F)C1(N)CCC(O)CC1. The van der Waals surface area contributed by atoms with Crippen LogP contribution in [0.3, 0.4) is 0 Å². The van der Waals surface area contributed by atoms with Gasteiger partial charge in [0.2, 0.25) is 0 Å². The summed E-state index contributed by atoms with van der Waals surface area (Å²) >= 11 is 0. The molecule has 1 saturated carbocycles. The first-order chi connectivity index (χ1) is 5.35. The lowest BCUT2D eigenvalue weighted by Gasteiger charge is -2.42. The molecule has 1 aliphatic rings. The molecular formula is C9H18FNO. The maximum Gasteiger partial charge on any atom is 0.123 e. The van der Waals surface area contributed by atoms with E-state index < -0.39 is 11.2 Å². The highest BCUT2D eigenvalue weighted by Gasteiger charge is 2.44. The van der Waals surface area contributed by atoms with Crippen LogP contribution in [0.1, 0.15) is 39.5 Å². The van der Waals surface area contributed by atoms with E-state index in [0.717, 1.165) is 0 Å². The predicted molar refractivity (Wildman–Crippen MR) is 46.6 cm³/mol. The predicted octanol–water partition coefficient (Wildman–Crippen LogP) is 1.37. The van der Waals surface area contributed by atoms with E-state index in [2.05, 4.69) is 0 Å². The number of aliphatic hydroxyl groups excluding tert-OH is 1. The first kappa shape index (κ1) is 9.93. The molecule has 0 unspecified atom stereocenters. The van der Waals surface area contributed by atoms with Gasteiger partial charge in [0.1, 0.15) is 5.67 Å². The van der Waals surface area contributed by atoms with Crippen molar-refractivity contribution in [2.45, 2.75) is 56.8 Å². The molecule has 0 saturated heterocycles. The number of hydrogen-bond acceptors (Lipinski definition) is 2. The van der Waals surface area contributed by atoms with Crippen LogP contribution in [-0.2, 0) is 0 Å². The first-order valence-corrected chi connectivity index (χ1v) is 4.51. The maximum absolute atomic E-state index is 13.6. The average molecular weight is 175 g/mol. The quantitative estimate of drug-likeness (QED) is 0.632. The van der Waals surface area contributed by atoms with Crippen LogP contribution in [0, 0.1) is 0 Å². The zero-order valence-corrected chi connectivity index (χ0v) is 7.81. The Bertz CT molecular complexity index is 156. The van der Waals surface area contributed by atoms with Crippen LogP contribution in [-0.4, -0.2) is 22.4 Å². The van der Waals surface area contributed by atoms with E-state index in [0.29, 0.717) is 25.7 Å². The summed E-state index contributed by atoms with van der Waals surface area (Å²) in [6, 6.07) is 0. The molecule has 0 atom stereocenters. The molecule has 0 spiro atoms. The molecule has 2 nitrogen and oxygen atoms in total. The smallest absolute Gasteiger partial charge is 0.123 e. The van der Waals surface area contributed by atoms with Crippen LogP contribution in [0.4, 0.5) is 4.39 Å². The minimum absolute atomic E-state index is 0.274. The van der Waals surface area contributed by atoms with Gasteiger partial charge in [0.05, 0.1) is 6.10 Å². The second-order valence-electron chi connectivity index (χ2n) is 4.36. The summed E-state index contributed by atoms with van der Waals surface area (Å²) in [4.78, 5) is 0. The molecule has 0 heterocycles. The Morgan fingerprint density at radius 3 is 2.17 bits per heavy atom. The van der Waals surface area contributed by atoms with Crippen LogP contribution >= 0.6 is 0 Å². The van der Waals surface area contributed by atoms with E-state index >= 15 is 0 Å². The highest BCUT2D eigenvalue weighted by atomic mass is 19.1. The Kier molecular flexibility index (Phi) is 2.45. The largest absolute Gasteiger partial charge is 0.393 e. The monoisotopic (exact) mass is 175 g/mol. The van der Waals surface area contributed by atoms with Gasteiger partial charge in [-0.25, -0.2) is 4.39 Å². The third-order valence-corrected chi connectivity index (χ3v) is 3.03. The molecule has 0 bridgehead atoms. The second-order valence-corrected chi connectivity index (χ2v) is 4.36. The van der Waals surface area contributed by atoms with Crippen molar-refractivity contribution < 1.29 is 9.50 Å². The lowest BCUT2D eigenvalue weighted by atomic mass is 9.72. The minimum atomic E-state index is -1.34. The molecule has 3 heteroatoms. The standard InChI is InChI=1S/C9H18FNO/c1-8(2,10)9(11)5-3-7(12)4-6-9/h7,12H,3-6,11H2,1-2H3. The fourth-order valence-corrected chi connectivity index (χ4v) is 1.71. The molecule has 0 aromatic rings. The molecular weight excluding hydrogens is 157 g/mol. The van der Waals surface area contributed by atoms with Crippen LogP contribution in [0.25, 0.3) is 0 Å². The number of aliphatic hydroxyl groups is 1. The minimum Gasteiger partial charge on any atom is -0.393 e. The van der Waals surface area contributed by atoms with Crippen LogP contribution < -0.4 is 5.73 Å². The molecule has 1 aliphatic carbocycles. The van der Waals surface area contributed by atoms with E-state index in [1.54, 1.807) is 0 Å². The van der Waals surface area contributed by atoms with Crippen molar-refractivity contribution in [2.24, 2.45) is 5.73 Å².